The molecule has 0 amide bonds. The number of piperidine rings is 1. The van der Waals surface area contributed by atoms with Gasteiger partial charge < -0.3 is 15.4 Å². The lowest BCUT2D eigenvalue weighted by molar-refractivity contribution is 0.0819. The van der Waals surface area contributed by atoms with E-state index < -0.39 is 0 Å². The fraction of sp³-hybridized carbons (Fsp3) is 0.571. The molecule has 1 aromatic carbocycles. The predicted molar refractivity (Wildman–Crippen MR) is 78.4 cm³/mol. The molecule has 1 fully saturated rings. The Hall–Kier alpha value is -0.710. The zero-order chi connectivity index (χ0) is 13.0. The number of methoxy groups -OCH3 is 1. The van der Waals surface area contributed by atoms with Crippen molar-refractivity contribution in [3.05, 3.63) is 23.8 Å². The number of thioether (sulfide) groups is 1. The Morgan fingerprint density at radius 1 is 1.39 bits per heavy atom. The summed E-state index contributed by atoms with van der Waals surface area (Å²) in [5.41, 5.74) is 8.51. The third-order valence-electron chi connectivity index (χ3n) is 3.65. The van der Waals surface area contributed by atoms with Crippen LogP contribution < -0.4 is 10.6 Å². The summed E-state index contributed by atoms with van der Waals surface area (Å²) in [5, 5.41) is 0. The lowest BCUT2D eigenvalue weighted by Gasteiger charge is -2.34. The molecule has 1 saturated heterocycles. The van der Waals surface area contributed by atoms with E-state index in [2.05, 4.69) is 29.4 Å². The summed E-state index contributed by atoms with van der Waals surface area (Å²) in [5.74, 6) is 0. The first-order chi connectivity index (χ1) is 8.80. The highest BCUT2D eigenvalue weighted by atomic mass is 32.2. The van der Waals surface area contributed by atoms with Crippen LogP contribution in [0.15, 0.2) is 23.1 Å². The third kappa shape index (κ3) is 2.82. The number of nitrogens with zero attached hydrogens (tertiary/aromatic N) is 1. The first-order valence-electron chi connectivity index (χ1n) is 6.43. The van der Waals surface area contributed by atoms with E-state index in [1.165, 1.54) is 16.1 Å². The predicted octanol–water partition coefficient (Wildman–Crippen LogP) is 2.48. The molecule has 0 atom stereocenters. The van der Waals surface area contributed by atoms with Crippen molar-refractivity contribution in [1.82, 2.24) is 0 Å². The Morgan fingerprint density at radius 2 is 2.11 bits per heavy atom. The smallest absolute Gasteiger partial charge is 0.0605 e. The molecule has 0 aromatic heterocycles. The highest BCUT2D eigenvalue weighted by Crippen LogP contribution is 2.31. The van der Waals surface area contributed by atoms with E-state index in [0.29, 0.717) is 12.6 Å². The molecule has 2 N–H and O–H groups in total. The van der Waals surface area contributed by atoms with Crippen molar-refractivity contribution in [2.45, 2.75) is 30.4 Å². The summed E-state index contributed by atoms with van der Waals surface area (Å²) in [6.45, 7) is 2.73. The first kappa shape index (κ1) is 13.7. The second-order valence-corrected chi connectivity index (χ2v) is 5.43. The molecule has 1 aliphatic rings. The summed E-state index contributed by atoms with van der Waals surface area (Å²) >= 11 is 1.77. The van der Waals surface area contributed by atoms with Crippen molar-refractivity contribution >= 4 is 17.4 Å². The fourth-order valence-electron chi connectivity index (χ4n) is 2.58. The topological polar surface area (TPSA) is 38.5 Å². The van der Waals surface area contributed by atoms with Gasteiger partial charge in [0.2, 0.25) is 0 Å². The first-order valence-corrected chi connectivity index (χ1v) is 7.66. The van der Waals surface area contributed by atoms with Gasteiger partial charge in [-0.05, 0) is 31.2 Å². The Kier molecular flexibility index (Phi) is 4.92. The maximum Gasteiger partial charge on any atom is 0.0605 e. The molecule has 3 nitrogen and oxygen atoms in total. The zero-order valence-corrected chi connectivity index (χ0v) is 12.0. The number of rotatable bonds is 4. The lowest BCUT2D eigenvalue weighted by Crippen LogP contribution is -2.37. The van der Waals surface area contributed by atoms with Gasteiger partial charge in [-0.1, -0.05) is 6.07 Å². The molecule has 0 saturated carbocycles. The average molecular weight is 266 g/mol. The minimum Gasteiger partial charge on any atom is -0.381 e. The molecule has 1 heterocycles. The standard InChI is InChI=1S/C14H22N2OS/c1-17-11-6-8-16(9-7-11)13-4-3-5-14(18-2)12(13)10-15/h3-5,11H,6-10,15H2,1-2H3. The van der Waals surface area contributed by atoms with Crippen molar-refractivity contribution < 1.29 is 4.74 Å². The van der Waals surface area contributed by atoms with Gasteiger partial charge in [-0.25, -0.2) is 0 Å². The highest BCUT2D eigenvalue weighted by molar-refractivity contribution is 7.98. The monoisotopic (exact) mass is 266 g/mol. The minimum absolute atomic E-state index is 0.423. The summed E-state index contributed by atoms with van der Waals surface area (Å²) in [6, 6.07) is 6.47. The second-order valence-electron chi connectivity index (χ2n) is 4.58. The maximum atomic E-state index is 5.92. The van der Waals surface area contributed by atoms with Gasteiger partial charge in [-0.2, -0.15) is 0 Å². The Bertz CT molecular complexity index is 389. The van der Waals surface area contributed by atoms with E-state index in [-0.39, 0.29) is 0 Å². The Balaban J connectivity index is 2.18. The third-order valence-corrected chi connectivity index (χ3v) is 4.47. The summed E-state index contributed by atoms with van der Waals surface area (Å²) in [6.07, 6.45) is 4.73. The number of hydrogen-bond donors (Lipinski definition) is 1. The Morgan fingerprint density at radius 3 is 2.67 bits per heavy atom. The summed E-state index contributed by atoms with van der Waals surface area (Å²) in [4.78, 5) is 3.74. The van der Waals surface area contributed by atoms with Crippen LogP contribution in [-0.2, 0) is 11.3 Å². The molecule has 0 spiro atoms. The molecule has 1 aliphatic heterocycles. The molecular weight excluding hydrogens is 244 g/mol. The van der Waals surface area contributed by atoms with Gasteiger partial charge in [0.05, 0.1) is 6.10 Å². The molecule has 18 heavy (non-hydrogen) atoms. The summed E-state index contributed by atoms with van der Waals surface area (Å²) < 4.78 is 5.42. The molecule has 1 aromatic rings. The number of ether oxygens (including phenoxy) is 1. The maximum absolute atomic E-state index is 5.92. The van der Waals surface area contributed by atoms with E-state index in [1.54, 1.807) is 18.9 Å². The van der Waals surface area contributed by atoms with Crippen molar-refractivity contribution in [2.75, 3.05) is 31.4 Å². The molecule has 2 rings (SSSR count). The highest BCUT2D eigenvalue weighted by Gasteiger charge is 2.21. The van der Waals surface area contributed by atoms with E-state index in [9.17, 15) is 0 Å². The molecule has 0 bridgehead atoms. The molecule has 0 aliphatic carbocycles. The van der Waals surface area contributed by atoms with E-state index in [0.717, 1.165) is 25.9 Å². The SMILES string of the molecule is COC1CCN(c2cccc(SC)c2CN)CC1. The second kappa shape index (κ2) is 6.45. The van der Waals surface area contributed by atoms with Crippen LogP contribution in [-0.4, -0.2) is 32.6 Å². The van der Waals surface area contributed by atoms with Crippen LogP contribution in [0.4, 0.5) is 5.69 Å². The normalized spacial score (nSPS) is 17.2. The van der Waals surface area contributed by atoms with Crippen LogP contribution in [0.5, 0.6) is 0 Å². The number of hydrogen-bond acceptors (Lipinski definition) is 4. The molecule has 100 valence electrons. The molecular formula is C14H22N2OS. The van der Waals surface area contributed by atoms with Crippen LogP contribution >= 0.6 is 11.8 Å². The molecule has 4 heteroatoms. The van der Waals surface area contributed by atoms with Crippen LogP contribution in [0.25, 0.3) is 0 Å². The van der Waals surface area contributed by atoms with E-state index in [1.807, 2.05) is 0 Å². The summed E-state index contributed by atoms with van der Waals surface area (Å²) in [7, 11) is 1.81. The average Bonchev–Trinajstić information content (AvgIpc) is 2.46. The number of nitrogens with two attached hydrogens (primary N) is 1. The van der Waals surface area contributed by atoms with E-state index >= 15 is 0 Å². The van der Waals surface area contributed by atoms with Crippen LogP contribution in [0, 0.1) is 0 Å². The molecule has 0 radical (unpaired) electrons. The minimum atomic E-state index is 0.423. The van der Waals surface area contributed by atoms with Gasteiger partial charge >= 0.3 is 0 Å². The van der Waals surface area contributed by atoms with Crippen molar-refractivity contribution in [3.63, 3.8) is 0 Å². The van der Waals surface area contributed by atoms with Gasteiger partial charge in [0, 0.05) is 42.9 Å². The quantitative estimate of drug-likeness (QED) is 0.850. The Labute approximate surface area is 114 Å². The number of anilines is 1. The van der Waals surface area contributed by atoms with Gasteiger partial charge in [-0.15, -0.1) is 11.8 Å². The van der Waals surface area contributed by atoms with Gasteiger partial charge in [0.15, 0.2) is 0 Å². The van der Waals surface area contributed by atoms with Crippen molar-refractivity contribution in [2.24, 2.45) is 5.73 Å². The van der Waals surface area contributed by atoms with Crippen LogP contribution in [0.1, 0.15) is 18.4 Å². The van der Waals surface area contributed by atoms with E-state index in [4.69, 9.17) is 10.5 Å². The van der Waals surface area contributed by atoms with Gasteiger partial charge in [-0.3, -0.25) is 0 Å². The van der Waals surface area contributed by atoms with Crippen LogP contribution in [0.2, 0.25) is 0 Å². The largest absolute Gasteiger partial charge is 0.381 e. The van der Waals surface area contributed by atoms with Gasteiger partial charge in [0.1, 0.15) is 0 Å². The zero-order valence-electron chi connectivity index (χ0n) is 11.2. The number of benzene rings is 1. The van der Waals surface area contributed by atoms with Gasteiger partial charge in [0.25, 0.3) is 0 Å². The van der Waals surface area contributed by atoms with Crippen molar-refractivity contribution in [3.8, 4) is 0 Å². The fourth-order valence-corrected chi connectivity index (χ4v) is 3.23. The van der Waals surface area contributed by atoms with Crippen LogP contribution in [0.3, 0.4) is 0 Å². The van der Waals surface area contributed by atoms with Crippen molar-refractivity contribution in [1.29, 1.82) is 0 Å². The molecule has 0 unspecified atom stereocenters. The lowest BCUT2D eigenvalue weighted by atomic mass is 10.0.